The summed E-state index contributed by atoms with van der Waals surface area (Å²) in [6, 6.07) is 3.48. The second-order valence-electron chi connectivity index (χ2n) is 7.16. The molecule has 2 aliphatic rings. The van der Waals surface area contributed by atoms with Crippen molar-refractivity contribution in [2.75, 3.05) is 23.3 Å². The fourth-order valence-electron chi connectivity index (χ4n) is 3.22. The van der Waals surface area contributed by atoms with Crippen LogP contribution in [0.25, 0.3) is 0 Å². The first kappa shape index (κ1) is 14.9. The second-order valence-corrected chi connectivity index (χ2v) is 8.01. The van der Waals surface area contributed by atoms with Crippen LogP contribution in [-0.2, 0) is 4.79 Å². The van der Waals surface area contributed by atoms with Crippen LogP contribution in [0, 0.1) is 11.3 Å². The Hall–Kier alpha value is -1.07. The Morgan fingerprint density at radius 3 is 2.71 bits per heavy atom. The minimum Gasteiger partial charge on any atom is -0.370 e. The minimum atomic E-state index is -0.550. The zero-order valence-electron chi connectivity index (χ0n) is 12.7. The largest absolute Gasteiger partial charge is 0.370 e. The van der Waals surface area contributed by atoms with Gasteiger partial charge in [0.25, 0.3) is 0 Å². The second kappa shape index (κ2) is 4.99. The number of fused-ring (bicyclic) bond motifs is 1. The van der Waals surface area contributed by atoms with Crippen molar-refractivity contribution in [1.82, 2.24) is 0 Å². The highest BCUT2D eigenvalue weighted by molar-refractivity contribution is 9.10. The number of carbonyl (C=O) groups is 1. The number of carbonyl (C=O) groups excluding carboxylic acids is 1. The number of halogens is 1. The topological polar surface area (TPSA) is 58.4 Å². The van der Waals surface area contributed by atoms with E-state index in [1.54, 1.807) is 0 Å². The van der Waals surface area contributed by atoms with Crippen molar-refractivity contribution in [3.05, 3.63) is 22.2 Å². The number of hydrogen-bond acceptors (Lipinski definition) is 3. The summed E-state index contributed by atoms with van der Waals surface area (Å²) in [6.07, 6.45) is 1.21. The maximum atomic E-state index is 11.7. The minimum absolute atomic E-state index is 0.122. The number of nitrogens with one attached hydrogen (secondary N) is 1. The van der Waals surface area contributed by atoms with E-state index in [0.717, 1.165) is 34.5 Å². The molecule has 1 saturated heterocycles. The number of amides is 1. The summed E-state index contributed by atoms with van der Waals surface area (Å²) in [7, 11) is 0. The predicted octanol–water partition coefficient (Wildman–Crippen LogP) is 3.27. The smallest absolute Gasteiger partial charge is 0.245 e. The zero-order chi connectivity index (χ0) is 15.4. The van der Waals surface area contributed by atoms with Gasteiger partial charge in [0.15, 0.2) is 0 Å². The van der Waals surface area contributed by atoms with Gasteiger partial charge in [0.05, 0.1) is 5.69 Å². The molecule has 2 heterocycles. The van der Waals surface area contributed by atoms with Gasteiger partial charge in [0, 0.05) is 28.8 Å². The monoisotopic (exact) mass is 351 g/mol. The molecule has 1 amide bonds. The summed E-state index contributed by atoms with van der Waals surface area (Å²) in [4.78, 5) is 14.1. The van der Waals surface area contributed by atoms with E-state index in [1.807, 2.05) is 6.07 Å². The van der Waals surface area contributed by atoms with E-state index in [1.165, 1.54) is 6.42 Å². The molecule has 0 aliphatic carbocycles. The molecule has 3 rings (SSSR count). The Morgan fingerprint density at radius 2 is 2.10 bits per heavy atom. The van der Waals surface area contributed by atoms with Gasteiger partial charge in [-0.05, 0) is 45.8 Å². The van der Waals surface area contributed by atoms with E-state index in [4.69, 9.17) is 5.73 Å². The molecular weight excluding hydrogens is 330 g/mol. The Balaban J connectivity index is 1.88. The summed E-state index contributed by atoms with van der Waals surface area (Å²) in [5, 5.41) is 2.87. The summed E-state index contributed by atoms with van der Waals surface area (Å²) in [5.41, 5.74) is 9.10. The van der Waals surface area contributed by atoms with Crippen LogP contribution in [0.4, 0.5) is 11.4 Å². The molecular formula is C16H22BrN3O. The van der Waals surface area contributed by atoms with Crippen LogP contribution in [-0.4, -0.2) is 19.0 Å². The van der Waals surface area contributed by atoms with Crippen LogP contribution >= 0.6 is 15.9 Å². The Morgan fingerprint density at radius 1 is 1.38 bits per heavy atom. The SMILES string of the molecule is CC(C)(C)C1CCN(c2cc3c(cc2Br)C(N)C(=O)N3)C1. The third-order valence-corrected chi connectivity index (χ3v) is 5.38. The van der Waals surface area contributed by atoms with Crippen molar-refractivity contribution in [3.8, 4) is 0 Å². The molecule has 21 heavy (non-hydrogen) atoms. The van der Waals surface area contributed by atoms with Gasteiger partial charge in [-0.1, -0.05) is 20.8 Å². The molecule has 0 saturated carbocycles. The quantitative estimate of drug-likeness (QED) is 0.816. The average Bonchev–Trinajstić information content (AvgIpc) is 2.96. The first-order valence-electron chi connectivity index (χ1n) is 7.42. The molecule has 4 nitrogen and oxygen atoms in total. The van der Waals surface area contributed by atoms with Gasteiger partial charge >= 0.3 is 0 Å². The van der Waals surface area contributed by atoms with Crippen LogP contribution in [0.3, 0.4) is 0 Å². The number of benzene rings is 1. The zero-order valence-corrected chi connectivity index (χ0v) is 14.3. The molecule has 2 atom stereocenters. The lowest BCUT2D eigenvalue weighted by Gasteiger charge is -2.28. The van der Waals surface area contributed by atoms with E-state index in [2.05, 4.69) is 53.0 Å². The lowest BCUT2D eigenvalue weighted by atomic mass is 9.80. The van der Waals surface area contributed by atoms with E-state index >= 15 is 0 Å². The molecule has 114 valence electrons. The third-order valence-electron chi connectivity index (χ3n) is 4.75. The van der Waals surface area contributed by atoms with Crippen LogP contribution in [0.5, 0.6) is 0 Å². The molecule has 3 N–H and O–H groups in total. The van der Waals surface area contributed by atoms with Crippen molar-refractivity contribution >= 4 is 33.2 Å². The standard InChI is InChI=1S/C16H22BrN3O/c1-16(2,3)9-4-5-20(8-9)13-7-12-10(6-11(13)17)14(18)15(21)19-12/h6-7,9,14H,4-5,8,18H2,1-3H3,(H,19,21). The number of nitrogens with zero attached hydrogens (tertiary/aromatic N) is 1. The van der Waals surface area contributed by atoms with Gasteiger partial charge in [-0.2, -0.15) is 0 Å². The van der Waals surface area contributed by atoms with Crippen molar-refractivity contribution in [2.24, 2.45) is 17.1 Å². The van der Waals surface area contributed by atoms with Crippen molar-refractivity contribution in [2.45, 2.75) is 33.2 Å². The van der Waals surface area contributed by atoms with Crippen molar-refractivity contribution < 1.29 is 4.79 Å². The molecule has 0 aromatic heterocycles. The fourth-order valence-corrected chi connectivity index (χ4v) is 3.83. The van der Waals surface area contributed by atoms with Crippen molar-refractivity contribution in [3.63, 3.8) is 0 Å². The summed E-state index contributed by atoms with van der Waals surface area (Å²) < 4.78 is 1.02. The first-order chi connectivity index (χ1) is 9.77. The molecule has 2 unspecified atom stereocenters. The number of anilines is 2. The van der Waals surface area contributed by atoms with Crippen LogP contribution < -0.4 is 16.0 Å². The molecule has 0 spiro atoms. The molecule has 1 aromatic rings. The van der Waals surface area contributed by atoms with Gasteiger partial charge in [0.2, 0.25) is 5.91 Å². The van der Waals surface area contributed by atoms with E-state index < -0.39 is 6.04 Å². The fraction of sp³-hybridized carbons (Fsp3) is 0.562. The molecule has 0 radical (unpaired) electrons. The first-order valence-corrected chi connectivity index (χ1v) is 8.21. The van der Waals surface area contributed by atoms with Gasteiger partial charge in [0.1, 0.15) is 6.04 Å². The van der Waals surface area contributed by atoms with Crippen LogP contribution in [0.1, 0.15) is 38.8 Å². The van der Waals surface area contributed by atoms with Gasteiger partial charge in [-0.3, -0.25) is 4.79 Å². The lowest BCUT2D eigenvalue weighted by Crippen LogP contribution is -2.26. The lowest BCUT2D eigenvalue weighted by molar-refractivity contribution is -0.116. The third kappa shape index (κ3) is 2.57. The highest BCUT2D eigenvalue weighted by Crippen LogP contribution is 2.42. The Labute approximate surface area is 134 Å². The van der Waals surface area contributed by atoms with Crippen molar-refractivity contribution in [1.29, 1.82) is 0 Å². The molecule has 2 aliphatic heterocycles. The number of rotatable bonds is 1. The van der Waals surface area contributed by atoms with Crippen LogP contribution in [0.2, 0.25) is 0 Å². The van der Waals surface area contributed by atoms with E-state index in [0.29, 0.717) is 11.3 Å². The number of nitrogens with two attached hydrogens (primary N) is 1. The summed E-state index contributed by atoms with van der Waals surface area (Å²) in [5.74, 6) is 0.567. The normalized spacial score (nSPS) is 25.2. The predicted molar refractivity (Wildman–Crippen MR) is 89.5 cm³/mol. The maximum Gasteiger partial charge on any atom is 0.245 e. The van der Waals surface area contributed by atoms with Gasteiger partial charge < -0.3 is 16.0 Å². The molecule has 5 heteroatoms. The van der Waals surface area contributed by atoms with E-state index in [9.17, 15) is 4.79 Å². The molecule has 1 fully saturated rings. The molecule has 1 aromatic carbocycles. The number of hydrogen-bond donors (Lipinski definition) is 2. The van der Waals surface area contributed by atoms with Gasteiger partial charge in [-0.25, -0.2) is 0 Å². The van der Waals surface area contributed by atoms with Crippen LogP contribution in [0.15, 0.2) is 16.6 Å². The highest BCUT2D eigenvalue weighted by atomic mass is 79.9. The van der Waals surface area contributed by atoms with Gasteiger partial charge in [-0.15, -0.1) is 0 Å². The maximum absolute atomic E-state index is 11.7. The Bertz CT molecular complexity index is 594. The summed E-state index contributed by atoms with van der Waals surface area (Å²) >= 11 is 3.64. The average molecular weight is 352 g/mol. The highest BCUT2D eigenvalue weighted by Gasteiger charge is 2.34. The summed E-state index contributed by atoms with van der Waals surface area (Å²) in [6.45, 7) is 9.02. The molecule has 0 bridgehead atoms. The van der Waals surface area contributed by atoms with E-state index in [-0.39, 0.29) is 5.91 Å². The Kier molecular flexibility index (Phi) is 3.53.